The molecule has 7 heteroatoms. The molecule has 2 aromatic rings. The highest BCUT2D eigenvalue weighted by atomic mass is 35.5. The fraction of sp³-hybridized carbons (Fsp3) is 0.444. The summed E-state index contributed by atoms with van der Waals surface area (Å²) in [6.45, 7) is 5.97. The summed E-state index contributed by atoms with van der Waals surface area (Å²) in [5.74, 6) is 0.0241. The first-order chi connectivity index (χ1) is 12.0. The number of rotatable bonds is 4. The fourth-order valence-corrected chi connectivity index (χ4v) is 4.23. The van der Waals surface area contributed by atoms with Gasteiger partial charge in [-0.25, -0.2) is 4.98 Å². The Morgan fingerprint density at radius 2 is 2.32 bits per heavy atom. The van der Waals surface area contributed by atoms with Crippen molar-refractivity contribution >= 4 is 28.8 Å². The first kappa shape index (κ1) is 18.3. The first-order valence-corrected chi connectivity index (χ1v) is 9.48. The highest BCUT2D eigenvalue weighted by Gasteiger charge is 2.31. The van der Waals surface area contributed by atoms with Crippen molar-refractivity contribution < 1.29 is 9.53 Å². The molecule has 0 aliphatic carbocycles. The van der Waals surface area contributed by atoms with Crippen molar-refractivity contribution in [3.8, 4) is 0 Å². The molecular weight excluding hydrogens is 358 g/mol. The van der Waals surface area contributed by atoms with Crippen LogP contribution in [0.25, 0.3) is 0 Å². The Hall–Kier alpha value is -1.47. The van der Waals surface area contributed by atoms with Gasteiger partial charge >= 0.3 is 0 Å². The molecule has 3 rings (SSSR count). The smallest absolute Gasteiger partial charge is 0.266 e. The SMILES string of the molecule is COC(C)c1nc(C)c(C(=O)N2CCNCC2c2cccc(Cl)c2)s1. The van der Waals surface area contributed by atoms with Gasteiger partial charge in [0.15, 0.2) is 0 Å². The van der Waals surface area contributed by atoms with Gasteiger partial charge in [0.2, 0.25) is 0 Å². The van der Waals surface area contributed by atoms with E-state index in [2.05, 4.69) is 10.3 Å². The Balaban J connectivity index is 1.90. The number of aryl methyl sites for hydroxylation is 1. The van der Waals surface area contributed by atoms with E-state index in [9.17, 15) is 4.79 Å². The normalized spacial score (nSPS) is 19.0. The summed E-state index contributed by atoms with van der Waals surface area (Å²) in [4.78, 5) is 20.3. The number of hydrogen-bond donors (Lipinski definition) is 1. The summed E-state index contributed by atoms with van der Waals surface area (Å²) in [5, 5.41) is 4.88. The standard InChI is InChI=1S/C18H22ClN3O2S/c1-11-16(25-17(21-11)12(2)24-3)18(23)22-8-7-20-10-15(22)13-5-4-6-14(19)9-13/h4-6,9,12,15,20H,7-8,10H2,1-3H3. The van der Waals surface area contributed by atoms with Crippen LogP contribution in [-0.4, -0.2) is 42.5 Å². The van der Waals surface area contributed by atoms with Gasteiger partial charge in [0, 0.05) is 31.8 Å². The minimum Gasteiger partial charge on any atom is -0.375 e. The van der Waals surface area contributed by atoms with Crippen molar-refractivity contribution in [1.29, 1.82) is 0 Å². The molecular formula is C18H22ClN3O2S. The minimum absolute atomic E-state index is 0.0241. The van der Waals surface area contributed by atoms with E-state index in [4.69, 9.17) is 16.3 Å². The second kappa shape index (κ2) is 7.83. The van der Waals surface area contributed by atoms with Crippen molar-refractivity contribution in [3.05, 3.63) is 50.4 Å². The number of aromatic nitrogens is 1. The average molecular weight is 380 g/mol. The van der Waals surface area contributed by atoms with E-state index in [-0.39, 0.29) is 18.1 Å². The number of amides is 1. The molecule has 2 unspecified atom stereocenters. The molecule has 2 atom stereocenters. The zero-order chi connectivity index (χ0) is 18.0. The van der Waals surface area contributed by atoms with Crippen LogP contribution in [0.3, 0.4) is 0 Å². The predicted molar refractivity (Wildman–Crippen MR) is 100 cm³/mol. The number of benzene rings is 1. The van der Waals surface area contributed by atoms with Gasteiger partial charge in [-0.3, -0.25) is 4.79 Å². The van der Waals surface area contributed by atoms with Gasteiger partial charge in [-0.05, 0) is 31.5 Å². The van der Waals surface area contributed by atoms with Crippen LogP contribution < -0.4 is 5.32 Å². The molecule has 1 aliphatic heterocycles. The number of methoxy groups -OCH3 is 1. The second-order valence-corrected chi connectivity index (χ2v) is 7.59. The molecule has 0 bridgehead atoms. The second-order valence-electron chi connectivity index (χ2n) is 6.12. The zero-order valence-corrected chi connectivity index (χ0v) is 16.2. The van der Waals surface area contributed by atoms with Gasteiger partial charge in [0.25, 0.3) is 5.91 Å². The van der Waals surface area contributed by atoms with E-state index in [1.54, 1.807) is 7.11 Å². The predicted octanol–water partition coefficient (Wildman–Crippen LogP) is 3.60. The molecule has 2 heterocycles. The summed E-state index contributed by atoms with van der Waals surface area (Å²) in [5.41, 5.74) is 1.80. The number of hydrogen-bond acceptors (Lipinski definition) is 5. The molecule has 1 fully saturated rings. The van der Waals surface area contributed by atoms with Crippen LogP contribution in [0, 0.1) is 6.92 Å². The number of nitrogens with zero attached hydrogens (tertiary/aromatic N) is 2. The Morgan fingerprint density at radius 1 is 1.52 bits per heavy atom. The third-order valence-electron chi connectivity index (χ3n) is 4.45. The maximum absolute atomic E-state index is 13.2. The van der Waals surface area contributed by atoms with Crippen LogP contribution in [0.15, 0.2) is 24.3 Å². The molecule has 1 aliphatic rings. The molecule has 1 saturated heterocycles. The molecule has 0 radical (unpaired) electrons. The third-order valence-corrected chi connectivity index (χ3v) is 5.99. The van der Waals surface area contributed by atoms with Crippen LogP contribution in [0.5, 0.6) is 0 Å². The monoisotopic (exact) mass is 379 g/mol. The maximum Gasteiger partial charge on any atom is 0.266 e. The van der Waals surface area contributed by atoms with E-state index in [1.807, 2.05) is 43.0 Å². The van der Waals surface area contributed by atoms with E-state index < -0.39 is 0 Å². The number of piperazine rings is 1. The molecule has 1 amide bonds. The Bertz CT molecular complexity index is 765. The Kier molecular flexibility index (Phi) is 5.74. The molecule has 1 N–H and O–H groups in total. The molecule has 25 heavy (non-hydrogen) atoms. The van der Waals surface area contributed by atoms with Crippen molar-refractivity contribution in [1.82, 2.24) is 15.2 Å². The number of nitrogens with one attached hydrogen (secondary N) is 1. The van der Waals surface area contributed by atoms with Gasteiger partial charge in [0.05, 0.1) is 11.7 Å². The Morgan fingerprint density at radius 3 is 3.04 bits per heavy atom. The van der Waals surface area contributed by atoms with Gasteiger partial charge in [-0.15, -0.1) is 11.3 Å². The molecule has 134 valence electrons. The van der Waals surface area contributed by atoms with Crippen LogP contribution >= 0.6 is 22.9 Å². The number of carbonyl (C=O) groups excluding carboxylic acids is 1. The lowest BCUT2D eigenvalue weighted by Gasteiger charge is -2.36. The quantitative estimate of drug-likeness (QED) is 0.881. The van der Waals surface area contributed by atoms with Crippen LogP contribution in [-0.2, 0) is 4.74 Å². The highest BCUT2D eigenvalue weighted by molar-refractivity contribution is 7.13. The number of halogens is 1. The topological polar surface area (TPSA) is 54.5 Å². The summed E-state index contributed by atoms with van der Waals surface area (Å²) in [6.07, 6.45) is -0.114. The van der Waals surface area contributed by atoms with Crippen LogP contribution in [0.2, 0.25) is 5.02 Å². The van der Waals surface area contributed by atoms with Crippen molar-refractivity contribution in [2.45, 2.75) is 26.0 Å². The zero-order valence-electron chi connectivity index (χ0n) is 14.6. The van der Waals surface area contributed by atoms with Crippen molar-refractivity contribution in [2.24, 2.45) is 0 Å². The lowest BCUT2D eigenvalue weighted by atomic mass is 10.0. The van der Waals surface area contributed by atoms with Gasteiger partial charge in [-0.1, -0.05) is 23.7 Å². The number of ether oxygens (including phenoxy) is 1. The maximum atomic E-state index is 13.2. The lowest BCUT2D eigenvalue weighted by molar-refractivity contribution is 0.0638. The third kappa shape index (κ3) is 3.87. The largest absolute Gasteiger partial charge is 0.375 e. The van der Waals surface area contributed by atoms with Gasteiger partial charge < -0.3 is 15.0 Å². The van der Waals surface area contributed by atoms with Gasteiger partial charge in [-0.2, -0.15) is 0 Å². The number of thiazole rings is 1. The molecule has 1 aromatic heterocycles. The van der Waals surface area contributed by atoms with E-state index in [0.717, 1.165) is 22.8 Å². The van der Waals surface area contributed by atoms with Crippen LogP contribution in [0.4, 0.5) is 0 Å². The molecule has 0 saturated carbocycles. The molecule has 1 aromatic carbocycles. The average Bonchev–Trinajstić information content (AvgIpc) is 3.02. The number of carbonyl (C=O) groups is 1. The lowest BCUT2D eigenvalue weighted by Crippen LogP contribution is -2.48. The first-order valence-electron chi connectivity index (χ1n) is 8.28. The summed E-state index contributed by atoms with van der Waals surface area (Å²) in [6, 6.07) is 7.67. The summed E-state index contributed by atoms with van der Waals surface area (Å²) >= 11 is 7.56. The fourth-order valence-electron chi connectivity index (χ4n) is 2.98. The van der Waals surface area contributed by atoms with E-state index >= 15 is 0 Å². The van der Waals surface area contributed by atoms with Crippen molar-refractivity contribution in [3.63, 3.8) is 0 Å². The van der Waals surface area contributed by atoms with Gasteiger partial charge in [0.1, 0.15) is 16.0 Å². The summed E-state index contributed by atoms with van der Waals surface area (Å²) < 4.78 is 5.33. The highest BCUT2D eigenvalue weighted by Crippen LogP contribution is 2.30. The van der Waals surface area contributed by atoms with Crippen LogP contribution in [0.1, 0.15) is 45.0 Å². The minimum atomic E-state index is -0.114. The van der Waals surface area contributed by atoms with Crippen molar-refractivity contribution in [2.75, 3.05) is 26.7 Å². The van der Waals surface area contributed by atoms with E-state index in [1.165, 1.54) is 11.3 Å². The summed E-state index contributed by atoms with van der Waals surface area (Å²) in [7, 11) is 1.65. The molecule has 0 spiro atoms. The Labute approximate surface area is 157 Å². The van der Waals surface area contributed by atoms with E-state index in [0.29, 0.717) is 23.0 Å². The molecule has 5 nitrogen and oxygen atoms in total.